The molecule has 0 heterocycles. The zero-order chi connectivity index (χ0) is 15.0. The summed E-state index contributed by atoms with van der Waals surface area (Å²) in [4.78, 5) is 22.8. The van der Waals surface area contributed by atoms with Crippen molar-refractivity contribution in [2.75, 3.05) is 19.0 Å². The van der Waals surface area contributed by atoms with Crippen molar-refractivity contribution in [3.63, 3.8) is 0 Å². The SMILES string of the molecule is COC(=O)CN/C=C(/C#N)C(=O)Nc1ccccc1C. The molecule has 0 radical (unpaired) electrons. The van der Waals surface area contributed by atoms with Gasteiger partial charge in [0.05, 0.1) is 7.11 Å². The molecule has 0 atom stereocenters. The van der Waals surface area contributed by atoms with Gasteiger partial charge in [-0.3, -0.25) is 9.59 Å². The maximum Gasteiger partial charge on any atom is 0.325 e. The molecule has 20 heavy (non-hydrogen) atoms. The molecule has 104 valence electrons. The lowest BCUT2D eigenvalue weighted by Gasteiger charge is -2.07. The number of para-hydroxylation sites is 1. The summed E-state index contributed by atoms with van der Waals surface area (Å²) in [7, 11) is 1.25. The van der Waals surface area contributed by atoms with E-state index >= 15 is 0 Å². The standard InChI is InChI=1S/C14H15N3O3/c1-10-5-3-4-6-12(10)17-14(19)11(7-15)8-16-9-13(18)20-2/h3-6,8,16H,9H2,1-2H3,(H,17,19)/b11-8-. The summed E-state index contributed by atoms with van der Waals surface area (Å²) < 4.78 is 4.42. The molecule has 0 spiro atoms. The van der Waals surface area contributed by atoms with Crippen molar-refractivity contribution in [1.82, 2.24) is 5.32 Å². The van der Waals surface area contributed by atoms with E-state index in [-0.39, 0.29) is 12.1 Å². The third-order valence-corrected chi connectivity index (χ3v) is 2.48. The highest BCUT2D eigenvalue weighted by Gasteiger charge is 2.10. The zero-order valence-corrected chi connectivity index (χ0v) is 11.3. The second kappa shape index (κ2) is 7.59. The fourth-order valence-corrected chi connectivity index (χ4v) is 1.36. The van der Waals surface area contributed by atoms with Crippen LogP contribution in [-0.4, -0.2) is 25.5 Å². The first kappa shape index (κ1) is 15.2. The number of amides is 1. The summed E-state index contributed by atoms with van der Waals surface area (Å²) >= 11 is 0. The van der Waals surface area contributed by atoms with Gasteiger partial charge >= 0.3 is 5.97 Å². The van der Waals surface area contributed by atoms with Crippen molar-refractivity contribution >= 4 is 17.6 Å². The number of aryl methyl sites for hydroxylation is 1. The van der Waals surface area contributed by atoms with E-state index < -0.39 is 11.9 Å². The van der Waals surface area contributed by atoms with E-state index in [1.165, 1.54) is 13.3 Å². The predicted molar refractivity (Wildman–Crippen MR) is 73.5 cm³/mol. The highest BCUT2D eigenvalue weighted by atomic mass is 16.5. The van der Waals surface area contributed by atoms with E-state index in [0.717, 1.165) is 5.56 Å². The number of benzene rings is 1. The number of carbonyl (C=O) groups is 2. The Morgan fingerprint density at radius 2 is 2.10 bits per heavy atom. The summed E-state index contributed by atoms with van der Waals surface area (Å²) in [5.41, 5.74) is 1.39. The van der Waals surface area contributed by atoms with Gasteiger partial charge < -0.3 is 15.4 Å². The van der Waals surface area contributed by atoms with Gasteiger partial charge in [0.15, 0.2) is 0 Å². The van der Waals surface area contributed by atoms with Gasteiger partial charge in [-0.25, -0.2) is 0 Å². The van der Waals surface area contributed by atoms with Crippen LogP contribution in [0.1, 0.15) is 5.56 Å². The summed E-state index contributed by atoms with van der Waals surface area (Å²) in [5.74, 6) is -1.03. The molecule has 1 rings (SSSR count). The minimum absolute atomic E-state index is 0.112. The Morgan fingerprint density at radius 3 is 2.70 bits per heavy atom. The molecule has 0 aliphatic rings. The number of carbonyl (C=O) groups excluding carboxylic acids is 2. The van der Waals surface area contributed by atoms with Crippen LogP contribution in [0.2, 0.25) is 0 Å². The molecule has 2 N–H and O–H groups in total. The first-order chi connectivity index (χ1) is 9.58. The summed E-state index contributed by atoms with van der Waals surface area (Å²) in [6.45, 7) is 1.74. The quantitative estimate of drug-likeness (QED) is 0.476. The molecule has 0 saturated carbocycles. The first-order valence-corrected chi connectivity index (χ1v) is 5.86. The number of ether oxygens (including phenoxy) is 1. The molecule has 0 aliphatic carbocycles. The molecule has 0 unspecified atom stereocenters. The number of methoxy groups -OCH3 is 1. The minimum Gasteiger partial charge on any atom is -0.468 e. The maximum absolute atomic E-state index is 11.9. The number of esters is 1. The fourth-order valence-electron chi connectivity index (χ4n) is 1.36. The van der Waals surface area contributed by atoms with Gasteiger partial charge in [-0.05, 0) is 18.6 Å². The van der Waals surface area contributed by atoms with Gasteiger partial charge in [-0.15, -0.1) is 0 Å². The molecule has 0 fully saturated rings. The lowest BCUT2D eigenvalue weighted by molar-refractivity contribution is -0.139. The zero-order valence-electron chi connectivity index (χ0n) is 11.3. The van der Waals surface area contributed by atoms with Crippen molar-refractivity contribution < 1.29 is 14.3 Å². The fraction of sp³-hybridized carbons (Fsp3) is 0.214. The Labute approximate surface area is 117 Å². The van der Waals surface area contributed by atoms with Gasteiger partial charge in [0.25, 0.3) is 5.91 Å². The number of nitrogens with one attached hydrogen (secondary N) is 2. The Bertz CT molecular complexity index is 573. The van der Waals surface area contributed by atoms with E-state index in [2.05, 4.69) is 15.4 Å². The van der Waals surface area contributed by atoms with E-state index in [0.29, 0.717) is 5.69 Å². The normalized spacial score (nSPS) is 10.3. The predicted octanol–water partition coefficient (Wildman–Crippen LogP) is 1.10. The number of hydrogen-bond donors (Lipinski definition) is 2. The molecule has 0 saturated heterocycles. The molecule has 0 aliphatic heterocycles. The first-order valence-electron chi connectivity index (χ1n) is 5.86. The van der Waals surface area contributed by atoms with Crippen LogP contribution in [0.4, 0.5) is 5.69 Å². The topological polar surface area (TPSA) is 91.2 Å². The number of hydrogen-bond acceptors (Lipinski definition) is 5. The van der Waals surface area contributed by atoms with E-state index in [9.17, 15) is 9.59 Å². The van der Waals surface area contributed by atoms with Crippen LogP contribution in [-0.2, 0) is 14.3 Å². The van der Waals surface area contributed by atoms with Crippen LogP contribution in [0.3, 0.4) is 0 Å². The minimum atomic E-state index is -0.542. The monoisotopic (exact) mass is 273 g/mol. The third kappa shape index (κ3) is 4.46. The lowest BCUT2D eigenvalue weighted by atomic mass is 10.2. The van der Waals surface area contributed by atoms with Gasteiger partial charge in [-0.2, -0.15) is 5.26 Å². The maximum atomic E-state index is 11.9. The van der Waals surface area contributed by atoms with Crippen LogP contribution >= 0.6 is 0 Å². The number of nitrogens with zero attached hydrogens (tertiary/aromatic N) is 1. The van der Waals surface area contributed by atoms with Crippen molar-refractivity contribution in [2.45, 2.75) is 6.92 Å². The molecule has 6 heteroatoms. The second-order valence-corrected chi connectivity index (χ2v) is 3.90. The Balaban J connectivity index is 2.69. The molecule has 1 aromatic rings. The van der Waals surface area contributed by atoms with Crippen LogP contribution < -0.4 is 10.6 Å². The molecular weight excluding hydrogens is 258 g/mol. The van der Waals surface area contributed by atoms with E-state index in [1.807, 2.05) is 19.1 Å². The Kier molecular flexibility index (Phi) is 5.78. The van der Waals surface area contributed by atoms with Crippen LogP contribution in [0, 0.1) is 18.3 Å². The summed E-state index contributed by atoms with van der Waals surface area (Å²) in [5, 5.41) is 14.1. The Morgan fingerprint density at radius 1 is 1.40 bits per heavy atom. The number of anilines is 1. The summed E-state index contributed by atoms with van der Waals surface area (Å²) in [6.07, 6.45) is 1.19. The van der Waals surface area contributed by atoms with Crippen molar-refractivity contribution in [3.05, 3.63) is 41.6 Å². The largest absolute Gasteiger partial charge is 0.468 e. The highest BCUT2D eigenvalue weighted by molar-refractivity contribution is 6.06. The van der Waals surface area contributed by atoms with E-state index in [1.54, 1.807) is 18.2 Å². The average molecular weight is 273 g/mol. The number of nitriles is 1. The molecule has 0 bridgehead atoms. The van der Waals surface area contributed by atoms with Gasteiger partial charge in [-0.1, -0.05) is 18.2 Å². The molecule has 0 aromatic heterocycles. The summed E-state index contributed by atoms with van der Waals surface area (Å²) in [6, 6.07) is 8.99. The van der Waals surface area contributed by atoms with Gasteiger partial charge in [0, 0.05) is 11.9 Å². The van der Waals surface area contributed by atoms with Crippen molar-refractivity contribution in [3.8, 4) is 6.07 Å². The molecule has 1 amide bonds. The molecular formula is C14H15N3O3. The Hall–Kier alpha value is -2.81. The van der Waals surface area contributed by atoms with Gasteiger partial charge in [0.2, 0.25) is 0 Å². The lowest BCUT2D eigenvalue weighted by Crippen LogP contribution is -2.22. The van der Waals surface area contributed by atoms with E-state index in [4.69, 9.17) is 5.26 Å². The molecule has 1 aromatic carbocycles. The third-order valence-electron chi connectivity index (χ3n) is 2.48. The molecule has 6 nitrogen and oxygen atoms in total. The van der Waals surface area contributed by atoms with Crippen molar-refractivity contribution in [1.29, 1.82) is 5.26 Å². The average Bonchev–Trinajstić information content (AvgIpc) is 2.45. The van der Waals surface area contributed by atoms with Crippen LogP contribution in [0.25, 0.3) is 0 Å². The van der Waals surface area contributed by atoms with Gasteiger partial charge in [0.1, 0.15) is 18.2 Å². The second-order valence-electron chi connectivity index (χ2n) is 3.90. The highest BCUT2D eigenvalue weighted by Crippen LogP contribution is 2.13. The van der Waals surface area contributed by atoms with Crippen molar-refractivity contribution in [2.24, 2.45) is 0 Å². The number of rotatable bonds is 5. The van der Waals surface area contributed by atoms with Crippen LogP contribution in [0.5, 0.6) is 0 Å². The smallest absolute Gasteiger partial charge is 0.325 e. The van der Waals surface area contributed by atoms with Crippen LogP contribution in [0.15, 0.2) is 36.0 Å².